The van der Waals surface area contributed by atoms with Crippen LogP contribution >= 0.6 is 24.8 Å². The van der Waals surface area contributed by atoms with Gasteiger partial charge in [-0.15, -0.1) is 24.8 Å². The molecule has 1 aromatic rings. The summed E-state index contributed by atoms with van der Waals surface area (Å²) in [4.78, 5) is 23.9. The molecule has 3 aliphatic heterocycles. The lowest BCUT2D eigenvalue weighted by Gasteiger charge is -2.35. The minimum absolute atomic E-state index is 0. The molecule has 0 aliphatic carbocycles. The number of anilines is 1. The second-order valence-electron chi connectivity index (χ2n) is 7.53. The van der Waals surface area contributed by atoms with Crippen molar-refractivity contribution in [2.45, 2.75) is 37.8 Å². The van der Waals surface area contributed by atoms with Crippen LogP contribution in [0.5, 0.6) is 0 Å². The van der Waals surface area contributed by atoms with Crippen LogP contribution < -0.4 is 10.2 Å². The molecule has 1 amide bonds. The third-order valence-electron chi connectivity index (χ3n) is 5.86. The van der Waals surface area contributed by atoms with Gasteiger partial charge in [0, 0.05) is 70.5 Å². The molecule has 3 fully saturated rings. The smallest absolute Gasteiger partial charge is 0.223 e. The zero-order valence-electron chi connectivity index (χ0n) is 15.8. The number of aromatic nitrogens is 1. The van der Waals surface area contributed by atoms with E-state index in [4.69, 9.17) is 0 Å². The number of rotatable bonds is 4. The number of nitrogens with one attached hydrogen (secondary N) is 1. The van der Waals surface area contributed by atoms with E-state index in [2.05, 4.69) is 31.1 Å². The highest BCUT2D eigenvalue weighted by Crippen LogP contribution is 2.21. The number of halogens is 2. The molecule has 0 radical (unpaired) electrons. The van der Waals surface area contributed by atoms with Gasteiger partial charge in [-0.3, -0.25) is 9.69 Å². The maximum atomic E-state index is 12.6. The monoisotopic (exact) mass is 415 g/mol. The number of pyridine rings is 1. The maximum Gasteiger partial charge on any atom is 0.223 e. The van der Waals surface area contributed by atoms with E-state index in [0.717, 1.165) is 58.1 Å². The van der Waals surface area contributed by atoms with E-state index in [0.29, 0.717) is 24.4 Å². The Kier molecular flexibility index (Phi) is 8.61. The molecule has 3 saturated heterocycles. The Morgan fingerprint density at radius 2 is 1.81 bits per heavy atom. The van der Waals surface area contributed by atoms with Crippen LogP contribution in [0.3, 0.4) is 0 Å². The summed E-state index contributed by atoms with van der Waals surface area (Å²) in [7, 11) is 0. The van der Waals surface area contributed by atoms with Crippen LogP contribution in [0.4, 0.5) is 5.82 Å². The van der Waals surface area contributed by atoms with Crippen LogP contribution in [0.1, 0.15) is 25.7 Å². The summed E-state index contributed by atoms with van der Waals surface area (Å²) in [6.07, 6.45) is 6.13. The Labute approximate surface area is 174 Å². The Bertz CT molecular complexity index is 583. The minimum atomic E-state index is 0. The number of fused-ring (bicyclic) bond motifs is 2. The average molecular weight is 416 g/mol. The molecule has 3 aliphatic rings. The van der Waals surface area contributed by atoms with Crippen molar-refractivity contribution in [3.05, 3.63) is 24.4 Å². The van der Waals surface area contributed by atoms with Gasteiger partial charge in [-0.25, -0.2) is 4.98 Å². The summed E-state index contributed by atoms with van der Waals surface area (Å²) >= 11 is 0. The number of hydrogen-bond donors (Lipinski definition) is 1. The Hall–Kier alpha value is -1.08. The van der Waals surface area contributed by atoms with Gasteiger partial charge >= 0.3 is 0 Å². The van der Waals surface area contributed by atoms with Gasteiger partial charge < -0.3 is 15.1 Å². The number of amides is 1. The average Bonchev–Trinajstić information content (AvgIpc) is 2.99. The molecule has 152 valence electrons. The normalized spacial score (nSPS) is 25.3. The molecule has 2 atom stereocenters. The quantitative estimate of drug-likeness (QED) is 0.811. The fourth-order valence-corrected chi connectivity index (χ4v) is 4.32. The molecule has 6 nitrogen and oxygen atoms in total. The minimum Gasteiger partial charge on any atom is -0.354 e. The lowest BCUT2D eigenvalue weighted by atomic mass is 10.1. The highest BCUT2D eigenvalue weighted by Gasteiger charge is 2.31. The van der Waals surface area contributed by atoms with Crippen LogP contribution in [-0.2, 0) is 4.79 Å². The van der Waals surface area contributed by atoms with Gasteiger partial charge in [-0.2, -0.15) is 0 Å². The number of hydrogen-bond acceptors (Lipinski definition) is 5. The predicted octanol–water partition coefficient (Wildman–Crippen LogP) is 1.79. The largest absolute Gasteiger partial charge is 0.354 e. The number of piperazine rings is 1. The summed E-state index contributed by atoms with van der Waals surface area (Å²) in [5, 5.41) is 3.65. The van der Waals surface area contributed by atoms with Gasteiger partial charge in [0.1, 0.15) is 5.82 Å². The molecule has 0 saturated carbocycles. The second kappa shape index (κ2) is 10.5. The zero-order chi connectivity index (χ0) is 17.1. The highest BCUT2D eigenvalue weighted by molar-refractivity contribution is 5.85. The lowest BCUT2D eigenvalue weighted by Crippen LogP contribution is -2.48. The third kappa shape index (κ3) is 5.70. The first kappa shape index (κ1) is 22.2. The van der Waals surface area contributed by atoms with Crippen molar-refractivity contribution in [1.29, 1.82) is 0 Å². The number of carbonyl (C=O) groups is 1. The summed E-state index contributed by atoms with van der Waals surface area (Å²) in [6, 6.07) is 7.23. The standard InChI is InChI=1S/C19H29N5O.2ClH/c25-19(24-10-6-16-4-5-17(15-24)21-16)7-9-22-11-13-23(14-12-22)18-3-1-2-8-20-18;;/h1-3,8,16-17,21H,4-7,9-15H2;2*1H. The van der Waals surface area contributed by atoms with Crippen molar-refractivity contribution in [3.8, 4) is 0 Å². The Morgan fingerprint density at radius 1 is 1.04 bits per heavy atom. The van der Waals surface area contributed by atoms with E-state index in [1.54, 1.807) is 0 Å². The van der Waals surface area contributed by atoms with Crippen molar-refractivity contribution in [3.63, 3.8) is 0 Å². The van der Waals surface area contributed by atoms with Gasteiger partial charge in [-0.1, -0.05) is 6.07 Å². The summed E-state index contributed by atoms with van der Waals surface area (Å²) in [5.41, 5.74) is 0. The third-order valence-corrected chi connectivity index (χ3v) is 5.86. The number of nitrogens with zero attached hydrogens (tertiary/aromatic N) is 4. The Balaban J connectivity index is 0.00000131. The molecule has 1 aromatic heterocycles. The molecule has 2 unspecified atom stereocenters. The van der Waals surface area contributed by atoms with Crippen LogP contribution in [-0.4, -0.2) is 78.6 Å². The van der Waals surface area contributed by atoms with E-state index in [9.17, 15) is 4.79 Å². The van der Waals surface area contributed by atoms with Crippen molar-refractivity contribution in [1.82, 2.24) is 20.1 Å². The fourth-order valence-electron chi connectivity index (χ4n) is 4.32. The van der Waals surface area contributed by atoms with Crippen molar-refractivity contribution < 1.29 is 4.79 Å². The van der Waals surface area contributed by atoms with Gasteiger partial charge in [0.05, 0.1) is 0 Å². The van der Waals surface area contributed by atoms with E-state index in [1.165, 1.54) is 12.8 Å². The second-order valence-corrected chi connectivity index (χ2v) is 7.53. The molecular formula is C19H31Cl2N5O. The predicted molar refractivity (Wildman–Crippen MR) is 113 cm³/mol. The summed E-state index contributed by atoms with van der Waals surface area (Å²) in [6.45, 7) is 6.72. The molecular weight excluding hydrogens is 385 g/mol. The van der Waals surface area contributed by atoms with E-state index in [1.807, 2.05) is 18.3 Å². The first-order valence-corrected chi connectivity index (χ1v) is 9.70. The topological polar surface area (TPSA) is 51.7 Å². The molecule has 4 rings (SSSR count). The first-order valence-electron chi connectivity index (χ1n) is 9.70. The lowest BCUT2D eigenvalue weighted by molar-refractivity contribution is -0.131. The van der Waals surface area contributed by atoms with Crippen LogP contribution in [0.2, 0.25) is 0 Å². The van der Waals surface area contributed by atoms with E-state index >= 15 is 0 Å². The molecule has 2 bridgehead atoms. The van der Waals surface area contributed by atoms with Gasteiger partial charge in [0.2, 0.25) is 5.91 Å². The maximum absolute atomic E-state index is 12.6. The number of carbonyl (C=O) groups excluding carboxylic acids is 1. The molecule has 8 heteroatoms. The van der Waals surface area contributed by atoms with Crippen LogP contribution in [0.15, 0.2) is 24.4 Å². The Morgan fingerprint density at radius 3 is 2.56 bits per heavy atom. The SMILES string of the molecule is Cl.Cl.O=C(CCN1CCN(c2ccccn2)CC1)N1CCC2CCC(C1)N2. The fraction of sp³-hybridized carbons (Fsp3) is 0.684. The summed E-state index contributed by atoms with van der Waals surface area (Å²) in [5.74, 6) is 1.40. The van der Waals surface area contributed by atoms with E-state index < -0.39 is 0 Å². The highest BCUT2D eigenvalue weighted by atomic mass is 35.5. The molecule has 4 heterocycles. The van der Waals surface area contributed by atoms with Crippen LogP contribution in [0.25, 0.3) is 0 Å². The van der Waals surface area contributed by atoms with Gasteiger partial charge in [0.25, 0.3) is 0 Å². The summed E-state index contributed by atoms with van der Waals surface area (Å²) < 4.78 is 0. The molecule has 1 N–H and O–H groups in total. The van der Waals surface area contributed by atoms with Gasteiger partial charge in [0.15, 0.2) is 0 Å². The van der Waals surface area contributed by atoms with Gasteiger partial charge in [-0.05, 0) is 31.4 Å². The van der Waals surface area contributed by atoms with Crippen molar-refractivity contribution in [2.75, 3.05) is 50.7 Å². The first-order chi connectivity index (χ1) is 12.3. The van der Waals surface area contributed by atoms with E-state index in [-0.39, 0.29) is 24.8 Å². The zero-order valence-corrected chi connectivity index (χ0v) is 17.4. The molecule has 27 heavy (non-hydrogen) atoms. The van der Waals surface area contributed by atoms with Crippen molar-refractivity contribution in [2.24, 2.45) is 0 Å². The molecule has 0 aromatic carbocycles. The molecule has 0 spiro atoms. The van der Waals surface area contributed by atoms with Crippen molar-refractivity contribution >= 4 is 36.5 Å². The van der Waals surface area contributed by atoms with Crippen LogP contribution in [0, 0.1) is 0 Å². The number of likely N-dealkylation sites (tertiary alicyclic amines) is 1.